The zero-order valence-electron chi connectivity index (χ0n) is 9.13. The van der Waals surface area contributed by atoms with Crippen LogP contribution in [-0.4, -0.2) is 4.98 Å². The maximum Gasteiger partial charge on any atom is 0.0991 e. The van der Waals surface area contributed by atoms with Gasteiger partial charge in [0.25, 0.3) is 0 Å². The third-order valence-corrected chi connectivity index (χ3v) is 4.02. The second kappa shape index (κ2) is 4.88. The fourth-order valence-corrected chi connectivity index (χ4v) is 3.02. The number of H-pyrrole nitrogens is 1. The summed E-state index contributed by atoms with van der Waals surface area (Å²) in [6, 6.07) is 8.00. The second-order valence-corrected chi connectivity index (χ2v) is 5.38. The van der Waals surface area contributed by atoms with Crippen LogP contribution in [0.15, 0.2) is 24.4 Å². The van der Waals surface area contributed by atoms with Gasteiger partial charge in [-0.25, -0.2) is 0 Å². The topological polar surface area (TPSA) is 39.6 Å². The Kier molecular flexibility index (Phi) is 3.49. The monoisotopic (exact) mass is 324 g/mol. The van der Waals surface area contributed by atoms with E-state index in [-0.39, 0.29) is 0 Å². The molecule has 0 spiro atoms. The Bertz CT molecular complexity index is 536. The van der Waals surface area contributed by atoms with Crippen molar-refractivity contribution in [1.29, 1.82) is 5.26 Å². The number of hydrogen-bond donors (Lipinski definition) is 1. The maximum atomic E-state index is 8.91. The quantitative estimate of drug-likeness (QED) is 0.663. The van der Waals surface area contributed by atoms with Gasteiger partial charge >= 0.3 is 0 Å². The molecule has 0 bridgehead atoms. The Morgan fingerprint density at radius 3 is 3.00 bits per heavy atom. The van der Waals surface area contributed by atoms with Gasteiger partial charge in [0, 0.05) is 21.0 Å². The summed E-state index contributed by atoms with van der Waals surface area (Å²) in [4.78, 5) is 3.26. The molecular formula is C13H13IN2. The molecule has 1 heterocycles. The standard InChI is InChI=1S/C13H13IN2/c1-2-3-12(14)11-8-16-13-5-4-9(7-15)6-10(11)13/h4-6,8,12,16H,2-3H2,1H3. The van der Waals surface area contributed by atoms with E-state index in [1.807, 2.05) is 18.2 Å². The first kappa shape index (κ1) is 11.5. The molecule has 0 saturated heterocycles. The molecule has 0 fully saturated rings. The average molecular weight is 324 g/mol. The molecule has 0 aliphatic carbocycles. The number of hydrogen-bond acceptors (Lipinski definition) is 1. The SMILES string of the molecule is CCCC(I)c1c[nH]c2ccc(C#N)cc12. The molecule has 0 saturated carbocycles. The first-order valence-electron chi connectivity index (χ1n) is 5.41. The van der Waals surface area contributed by atoms with Crippen molar-refractivity contribution in [3.05, 3.63) is 35.5 Å². The van der Waals surface area contributed by atoms with E-state index >= 15 is 0 Å². The smallest absolute Gasteiger partial charge is 0.0991 e. The predicted octanol–water partition coefficient (Wildman–Crippen LogP) is 4.32. The molecular weight excluding hydrogens is 311 g/mol. The fourth-order valence-electron chi connectivity index (χ4n) is 1.88. The molecule has 0 aliphatic heterocycles. The highest BCUT2D eigenvalue weighted by Gasteiger charge is 2.12. The summed E-state index contributed by atoms with van der Waals surface area (Å²) in [6.45, 7) is 2.20. The Morgan fingerprint density at radius 1 is 1.50 bits per heavy atom. The van der Waals surface area contributed by atoms with Crippen molar-refractivity contribution in [1.82, 2.24) is 4.98 Å². The van der Waals surface area contributed by atoms with E-state index in [1.165, 1.54) is 23.8 Å². The first-order chi connectivity index (χ1) is 7.76. The number of fused-ring (bicyclic) bond motifs is 1. The lowest BCUT2D eigenvalue weighted by Crippen LogP contribution is -1.87. The number of halogens is 1. The lowest BCUT2D eigenvalue weighted by Gasteiger charge is -2.06. The lowest BCUT2D eigenvalue weighted by molar-refractivity contribution is 0.803. The summed E-state index contributed by atoms with van der Waals surface area (Å²) in [5.41, 5.74) is 3.16. The average Bonchev–Trinajstić information content (AvgIpc) is 2.71. The molecule has 0 aliphatic rings. The summed E-state index contributed by atoms with van der Waals surface area (Å²) in [5, 5.41) is 10.1. The van der Waals surface area contributed by atoms with Crippen molar-refractivity contribution in [2.24, 2.45) is 0 Å². The van der Waals surface area contributed by atoms with Crippen molar-refractivity contribution in [3.8, 4) is 6.07 Å². The van der Waals surface area contributed by atoms with Crippen LogP contribution < -0.4 is 0 Å². The van der Waals surface area contributed by atoms with Gasteiger partial charge in [0.05, 0.1) is 11.6 Å². The Labute approximate surface area is 109 Å². The van der Waals surface area contributed by atoms with E-state index in [0.29, 0.717) is 3.92 Å². The molecule has 1 aromatic carbocycles. The van der Waals surface area contributed by atoms with Crippen LogP contribution in [0.4, 0.5) is 0 Å². The first-order valence-corrected chi connectivity index (χ1v) is 6.66. The van der Waals surface area contributed by atoms with Gasteiger partial charge in [-0.05, 0) is 30.2 Å². The van der Waals surface area contributed by atoms with Gasteiger partial charge in [0.15, 0.2) is 0 Å². The van der Waals surface area contributed by atoms with Gasteiger partial charge in [0.1, 0.15) is 0 Å². The number of nitrogens with zero attached hydrogens (tertiary/aromatic N) is 1. The van der Waals surface area contributed by atoms with Crippen molar-refractivity contribution in [3.63, 3.8) is 0 Å². The summed E-state index contributed by atoms with van der Waals surface area (Å²) in [6.07, 6.45) is 4.42. The molecule has 16 heavy (non-hydrogen) atoms. The van der Waals surface area contributed by atoms with Crippen molar-refractivity contribution in [2.75, 3.05) is 0 Å². The zero-order valence-corrected chi connectivity index (χ0v) is 11.3. The van der Waals surface area contributed by atoms with E-state index in [1.54, 1.807) is 0 Å². The Hall–Kier alpha value is -1.02. The van der Waals surface area contributed by atoms with Crippen LogP contribution >= 0.6 is 22.6 Å². The molecule has 1 unspecified atom stereocenters. The third-order valence-electron chi connectivity index (χ3n) is 2.72. The van der Waals surface area contributed by atoms with Gasteiger partial charge < -0.3 is 4.98 Å². The van der Waals surface area contributed by atoms with E-state index in [4.69, 9.17) is 5.26 Å². The maximum absolute atomic E-state index is 8.91. The highest BCUT2D eigenvalue weighted by Crippen LogP contribution is 2.33. The van der Waals surface area contributed by atoms with E-state index in [0.717, 1.165) is 11.1 Å². The van der Waals surface area contributed by atoms with E-state index < -0.39 is 0 Å². The van der Waals surface area contributed by atoms with Crippen LogP contribution in [0.25, 0.3) is 10.9 Å². The Morgan fingerprint density at radius 2 is 2.31 bits per heavy atom. The van der Waals surface area contributed by atoms with Crippen LogP contribution in [0.5, 0.6) is 0 Å². The minimum Gasteiger partial charge on any atom is -0.361 e. The number of alkyl halides is 1. The largest absolute Gasteiger partial charge is 0.361 e. The number of nitriles is 1. The number of rotatable bonds is 3. The molecule has 3 heteroatoms. The summed E-state index contributed by atoms with van der Waals surface area (Å²) in [7, 11) is 0. The number of benzene rings is 1. The number of aromatic amines is 1. The van der Waals surface area contributed by atoms with E-state index in [2.05, 4.69) is 46.8 Å². The van der Waals surface area contributed by atoms with Crippen LogP contribution in [0.1, 0.15) is 34.8 Å². The molecule has 1 aromatic heterocycles. The van der Waals surface area contributed by atoms with Crippen LogP contribution in [0, 0.1) is 11.3 Å². The van der Waals surface area contributed by atoms with Gasteiger partial charge in [0.2, 0.25) is 0 Å². The summed E-state index contributed by atoms with van der Waals surface area (Å²) in [5.74, 6) is 0. The van der Waals surface area contributed by atoms with Gasteiger partial charge in [-0.15, -0.1) is 0 Å². The third kappa shape index (κ3) is 2.07. The van der Waals surface area contributed by atoms with Gasteiger partial charge in [-0.2, -0.15) is 5.26 Å². The van der Waals surface area contributed by atoms with Crippen molar-refractivity contribution >= 4 is 33.5 Å². The summed E-state index contributed by atoms with van der Waals surface area (Å²) < 4.78 is 0.519. The molecule has 1 atom stereocenters. The zero-order chi connectivity index (χ0) is 11.5. The number of aromatic nitrogens is 1. The highest BCUT2D eigenvalue weighted by atomic mass is 127. The highest BCUT2D eigenvalue weighted by molar-refractivity contribution is 14.1. The van der Waals surface area contributed by atoms with Crippen LogP contribution in [0.2, 0.25) is 0 Å². The minimum absolute atomic E-state index is 0.519. The molecule has 1 N–H and O–H groups in total. The number of nitrogens with one attached hydrogen (secondary N) is 1. The Balaban J connectivity index is 2.50. The second-order valence-electron chi connectivity index (χ2n) is 3.87. The lowest BCUT2D eigenvalue weighted by atomic mass is 10.1. The molecule has 2 aromatic rings. The van der Waals surface area contributed by atoms with Gasteiger partial charge in [-0.3, -0.25) is 0 Å². The molecule has 82 valence electrons. The minimum atomic E-state index is 0.519. The van der Waals surface area contributed by atoms with Crippen molar-refractivity contribution in [2.45, 2.75) is 23.7 Å². The molecule has 0 radical (unpaired) electrons. The molecule has 2 nitrogen and oxygen atoms in total. The van der Waals surface area contributed by atoms with Crippen molar-refractivity contribution < 1.29 is 0 Å². The summed E-state index contributed by atoms with van der Waals surface area (Å²) >= 11 is 2.47. The van der Waals surface area contributed by atoms with Crippen LogP contribution in [-0.2, 0) is 0 Å². The predicted molar refractivity (Wildman–Crippen MR) is 74.7 cm³/mol. The van der Waals surface area contributed by atoms with Gasteiger partial charge in [-0.1, -0.05) is 35.9 Å². The normalized spacial score (nSPS) is 12.6. The molecule has 2 rings (SSSR count). The fraction of sp³-hybridized carbons (Fsp3) is 0.308. The van der Waals surface area contributed by atoms with E-state index in [9.17, 15) is 0 Å². The van der Waals surface area contributed by atoms with Crippen LogP contribution in [0.3, 0.4) is 0 Å². The molecule has 0 amide bonds.